The van der Waals surface area contributed by atoms with Gasteiger partial charge in [0.25, 0.3) is 0 Å². The zero-order valence-electron chi connectivity index (χ0n) is 14.5. The van der Waals surface area contributed by atoms with Gasteiger partial charge in [-0.2, -0.15) is 0 Å². The molecule has 0 aromatic heterocycles. The standard InChI is InChI=1S/C18H26N4O3/c1-2-25-17(24)14-7-9-15(10-8-14)22-16(23)13-5-3-12(4-6-13)11-21-18(19)20/h7-10,12-13H,2-6,11H2,1H3,(H,22,23)(H4,19,20,21). The molecule has 0 atom stereocenters. The summed E-state index contributed by atoms with van der Waals surface area (Å²) in [5.41, 5.74) is 11.9. The van der Waals surface area contributed by atoms with E-state index in [-0.39, 0.29) is 23.8 Å². The van der Waals surface area contributed by atoms with Gasteiger partial charge in [0.2, 0.25) is 5.91 Å². The number of hydrogen-bond donors (Lipinski definition) is 3. The van der Waals surface area contributed by atoms with E-state index in [0.717, 1.165) is 25.7 Å². The van der Waals surface area contributed by atoms with Crippen molar-refractivity contribution >= 4 is 23.5 Å². The molecule has 0 heterocycles. The first-order valence-electron chi connectivity index (χ1n) is 8.63. The molecule has 1 amide bonds. The topological polar surface area (TPSA) is 120 Å². The molecule has 1 saturated carbocycles. The number of rotatable bonds is 6. The monoisotopic (exact) mass is 346 g/mol. The third-order valence-corrected chi connectivity index (χ3v) is 4.41. The Morgan fingerprint density at radius 2 is 1.80 bits per heavy atom. The fourth-order valence-corrected chi connectivity index (χ4v) is 2.99. The molecule has 7 nitrogen and oxygen atoms in total. The lowest BCUT2D eigenvalue weighted by atomic mass is 9.81. The smallest absolute Gasteiger partial charge is 0.338 e. The van der Waals surface area contributed by atoms with Gasteiger partial charge in [-0.15, -0.1) is 0 Å². The lowest BCUT2D eigenvalue weighted by molar-refractivity contribution is -0.121. The van der Waals surface area contributed by atoms with Crippen LogP contribution in [0.1, 0.15) is 43.0 Å². The Morgan fingerprint density at radius 1 is 1.16 bits per heavy atom. The van der Waals surface area contributed by atoms with Gasteiger partial charge in [-0.1, -0.05) is 0 Å². The van der Waals surface area contributed by atoms with Crippen molar-refractivity contribution in [2.45, 2.75) is 32.6 Å². The number of anilines is 1. The Bertz CT molecular complexity index is 616. The summed E-state index contributed by atoms with van der Waals surface area (Å²) in [5, 5.41) is 2.92. The van der Waals surface area contributed by atoms with Gasteiger partial charge in [0.15, 0.2) is 5.96 Å². The second kappa shape index (κ2) is 9.05. The molecule has 0 bridgehead atoms. The lowest BCUT2D eigenvalue weighted by Crippen LogP contribution is -2.29. The first-order valence-corrected chi connectivity index (χ1v) is 8.63. The summed E-state index contributed by atoms with van der Waals surface area (Å²) in [7, 11) is 0. The van der Waals surface area contributed by atoms with Crippen LogP contribution in [0.15, 0.2) is 29.3 Å². The van der Waals surface area contributed by atoms with E-state index in [1.807, 2.05) is 0 Å². The highest BCUT2D eigenvalue weighted by Crippen LogP contribution is 2.30. The number of carbonyl (C=O) groups excluding carboxylic acids is 2. The Balaban J connectivity index is 1.82. The first kappa shape index (κ1) is 18.8. The fraction of sp³-hybridized carbons (Fsp3) is 0.500. The fourth-order valence-electron chi connectivity index (χ4n) is 2.99. The second-order valence-corrected chi connectivity index (χ2v) is 6.27. The molecule has 2 rings (SSSR count). The number of nitrogens with zero attached hydrogens (tertiary/aromatic N) is 1. The van der Waals surface area contributed by atoms with E-state index in [0.29, 0.717) is 30.3 Å². The first-order chi connectivity index (χ1) is 12.0. The number of amides is 1. The van der Waals surface area contributed by atoms with Crippen LogP contribution in [-0.4, -0.2) is 31.0 Å². The minimum Gasteiger partial charge on any atom is -0.462 e. The average Bonchev–Trinajstić information content (AvgIpc) is 2.61. The number of carbonyl (C=O) groups is 2. The van der Waals surface area contributed by atoms with E-state index in [4.69, 9.17) is 16.2 Å². The molecule has 25 heavy (non-hydrogen) atoms. The van der Waals surface area contributed by atoms with Gasteiger partial charge in [0.05, 0.1) is 12.2 Å². The van der Waals surface area contributed by atoms with E-state index < -0.39 is 0 Å². The summed E-state index contributed by atoms with van der Waals surface area (Å²) in [4.78, 5) is 28.1. The molecule has 0 unspecified atom stereocenters. The van der Waals surface area contributed by atoms with E-state index in [1.165, 1.54) is 0 Å². The summed E-state index contributed by atoms with van der Waals surface area (Å²) < 4.78 is 4.94. The highest BCUT2D eigenvalue weighted by molar-refractivity contribution is 5.94. The summed E-state index contributed by atoms with van der Waals surface area (Å²) >= 11 is 0. The lowest BCUT2D eigenvalue weighted by Gasteiger charge is -2.26. The number of aliphatic imine (C=N–C) groups is 1. The average molecular weight is 346 g/mol. The molecule has 1 aromatic rings. The molecule has 1 aliphatic carbocycles. The highest BCUT2D eigenvalue weighted by atomic mass is 16.5. The molecular formula is C18H26N4O3. The van der Waals surface area contributed by atoms with E-state index in [1.54, 1.807) is 31.2 Å². The maximum atomic E-state index is 12.4. The van der Waals surface area contributed by atoms with E-state index in [2.05, 4.69) is 10.3 Å². The molecular weight excluding hydrogens is 320 g/mol. The quantitative estimate of drug-likeness (QED) is 0.413. The van der Waals surface area contributed by atoms with Crippen LogP contribution in [-0.2, 0) is 9.53 Å². The Hall–Kier alpha value is -2.57. The number of hydrogen-bond acceptors (Lipinski definition) is 4. The van der Waals surface area contributed by atoms with Crippen LogP contribution in [0.3, 0.4) is 0 Å². The number of benzene rings is 1. The zero-order chi connectivity index (χ0) is 18.2. The third-order valence-electron chi connectivity index (χ3n) is 4.41. The van der Waals surface area contributed by atoms with Gasteiger partial charge in [-0.3, -0.25) is 9.79 Å². The summed E-state index contributed by atoms with van der Waals surface area (Å²) in [6, 6.07) is 6.74. The van der Waals surface area contributed by atoms with E-state index in [9.17, 15) is 9.59 Å². The molecule has 1 aromatic carbocycles. The molecule has 1 fully saturated rings. The van der Waals surface area contributed by atoms with Gasteiger partial charge < -0.3 is 21.5 Å². The van der Waals surface area contributed by atoms with Crippen LogP contribution < -0.4 is 16.8 Å². The minimum atomic E-state index is -0.362. The van der Waals surface area contributed by atoms with Crippen LogP contribution in [0.4, 0.5) is 5.69 Å². The van der Waals surface area contributed by atoms with Crippen molar-refractivity contribution in [2.75, 3.05) is 18.5 Å². The minimum absolute atomic E-state index is 0.000172. The van der Waals surface area contributed by atoms with Crippen LogP contribution >= 0.6 is 0 Å². The van der Waals surface area contributed by atoms with Gasteiger partial charge >= 0.3 is 5.97 Å². The van der Waals surface area contributed by atoms with Gasteiger partial charge in [-0.05, 0) is 62.8 Å². The van der Waals surface area contributed by atoms with E-state index >= 15 is 0 Å². The Morgan fingerprint density at radius 3 is 2.36 bits per heavy atom. The molecule has 7 heteroatoms. The molecule has 136 valence electrons. The highest BCUT2D eigenvalue weighted by Gasteiger charge is 2.26. The van der Waals surface area contributed by atoms with Crippen LogP contribution in [0.25, 0.3) is 0 Å². The second-order valence-electron chi connectivity index (χ2n) is 6.27. The van der Waals surface area contributed by atoms with Crippen molar-refractivity contribution in [3.63, 3.8) is 0 Å². The van der Waals surface area contributed by atoms with Crippen molar-refractivity contribution in [1.29, 1.82) is 0 Å². The number of ether oxygens (including phenoxy) is 1. The number of guanidine groups is 1. The zero-order valence-corrected chi connectivity index (χ0v) is 14.5. The summed E-state index contributed by atoms with van der Waals surface area (Å²) in [6.07, 6.45) is 3.54. The molecule has 0 spiro atoms. The number of nitrogens with two attached hydrogens (primary N) is 2. The van der Waals surface area contributed by atoms with Crippen molar-refractivity contribution in [3.05, 3.63) is 29.8 Å². The van der Waals surface area contributed by atoms with Crippen LogP contribution in [0, 0.1) is 11.8 Å². The normalized spacial score (nSPS) is 19.7. The largest absolute Gasteiger partial charge is 0.462 e. The molecule has 0 aliphatic heterocycles. The van der Waals surface area contributed by atoms with Crippen molar-refractivity contribution in [3.8, 4) is 0 Å². The molecule has 1 aliphatic rings. The summed E-state index contributed by atoms with van der Waals surface area (Å²) in [5.74, 6) is 0.213. The number of nitrogens with one attached hydrogen (secondary N) is 1. The third kappa shape index (κ3) is 5.77. The molecule has 5 N–H and O–H groups in total. The summed E-state index contributed by atoms with van der Waals surface area (Å²) in [6.45, 7) is 2.73. The maximum Gasteiger partial charge on any atom is 0.338 e. The van der Waals surface area contributed by atoms with Crippen molar-refractivity contribution in [2.24, 2.45) is 28.3 Å². The number of esters is 1. The van der Waals surface area contributed by atoms with Crippen molar-refractivity contribution in [1.82, 2.24) is 0 Å². The Kier molecular flexibility index (Phi) is 6.80. The molecule has 0 radical (unpaired) electrons. The Labute approximate surface area is 147 Å². The van der Waals surface area contributed by atoms with Crippen LogP contribution in [0.2, 0.25) is 0 Å². The SMILES string of the molecule is CCOC(=O)c1ccc(NC(=O)C2CCC(CN=C(N)N)CC2)cc1. The van der Waals surface area contributed by atoms with Gasteiger partial charge in [0, 0.05) is 18.2 Å². The van der Waals surface area contributed by atoms with Crippen LogP contribution in [0.5, 0.6) is 0 Å². The maximum absolute atomic E-state index is 12.4. The predicted molar refractivity (Wildman–Crippen MR) is 97.2 cm³/mol. The predicted octanol–water partition coefficient (Wildman–Crippen LogP) is 1.88. The molecule has 0 saturated heterocycles. The van der Waals surface area contributed by atoms with Gasteiger partial charge in [0.1, 0.15) is 0 Å². The van der Waals surface area contributed by atoms with Crippen molar-refractivity contribution < 1.29 is 14.3 Å². The van der Waals surface area contributed by atoms with Gasteiger partial charge in [-0.25, -0.2) is 4.79 Å².